The summed E-state index contributed by atoms with van der Waals surface area (Å²) in [5.41, 5.74) is 1.23. The molecule has 3 nitrogen and oxygen atoms in total. The molecule has 2 aromatic carbocycles. The Labute approximate surface area is 119 Å². The zero-order valence-electron chi connectivity index (χ0n) is 10.4. The van der Waals surface area contributed by atoms with Gasteiger partial charge < -0.3 is 0 Å². The smallest absolute Gasteiger partial charge is 0.265 e. The van der Waals surface area contributed by atoms with Crippen LogP contribution in [0, 0.1) is 0 Å². The highest BCUT2D eigenvalue weighted by atomic mass is 35.5. The third-order valence-corrected chi connectivity index (χ3v) is 3.70. The van der Waals surface area contributed by atoms with Gasteiger partial charge in [-0.3, -0.25) is 9.20 Å². The highest BCUT2D eigenvalue weighted by Gasteiger charge is 2.08. The molecule has 2 aromatic heterocycles. The number of fused-ring (bicyclic) bond motifs is 4. The Bertz CT molecular complexity index is 1040. The predicted octanol–water partition coefficient (Wildman–Crippen LogP) is 3.65. The zero-order valence-corrected chi connectivity index (χ0v) is 11.1. The number of hydrogen-bond donors (Lipinski definition) is 0. The number of benzene rings is 2. The second-order valence-corrected chi connectivity index (χ2v) is 5.11. The summed E-state index contributed by atoms with van der Waals surface area (Å²) in [7, 11) is 0. The van der Waals surface area contributed by atoms with E-state index >= 15 is 0 Å². The quantitative estimate of drug-likeness (QED) is 0.364. The summed E-state index contributed by atoms with van der Waals surface area (Å²) in [4.78, 5) is 17.2. The summed E-state index contributed by atoms with van der Waals surface area (Å²) in [5, 5.41) is 3.10. The molecular weight excluding hydrogens is 272 g/mol. The lowest BCUT2D eigenvalue weighted by molar-refractivity contribution is 1.09. The minimum absolute atomic E-state index is 0.0988. The summed E-state index contributed by atoms with van der Waals surface area (Å²) in [6.07, 6.45) is 1.76. The van der Waals surface area contributed by atoms with Gasteiger partial charge >= 0.3 is 0 Å². The van der Waals surface area contributed by atoms with E-state index in [0.29, 0.717) is 21.6 Å². The van der Waals surface area contributed by atoms with E-state index in [0.717, 1.165) is 10.8 Å². The van der Waals surface area contributed by atoms with Crippen LogP contribution in [0.4, 0.5) is 0 Å². The fraction of sp³-hybridized carbons (Fsp3) is 0. The van der Waals surface area contributed by atoms with Crippen molar-refractivity contribution in [3.8, 4) is 0 Å². The summed E-state index contributed by atoms with van der Waals surface area (Å²) in [6, 6.07) is 15.0. The molecule has 0 aliphatic carbocycles. The van der Waals surface area contributed by atoms with E-state index in [1.807, 2.05) is 30.3 Å². The van der Waals surface area contributed by atoms with Gasteiger partial charge in [-0.25, -0.2) is 4.98 Å². The Morgan fingerprint density at radius 3 is 2.75 bits per heavy atom. The molecule has 0 saturated carbocycles. The average molecular weight is 281 g/mol. The molecule has 0 fully saturated rings. The van der Waals surface area contributed by atoms with E-state index in [2.05, 4.69) is 4.98 Å². The number of aromatic nitrogens is 2. The van der Waals surface area contributed by atoms with E-state index in [9.17, 15) is 4.79 Å². The van der Waals surface area contributed by atoms with Crippen LogP contribution in [0.25, 0.3) is 27.3 Å². The topological polar surface area (TPSA) is 34.4 Å². The van der Waals surface area contributed by atoms with Crippen LogP contribution < -0.4 is 5.56 Å². The molecule has 0 radical (unpaired) electrons. The Morgan fingerprint density at radius 1 is 1.00 bits per heavy atom. The predicted molar refractivity (Wildman–Crippen MR) is 81.5 cm³/mol. The van der Waals surface area contributed by atoms with Gasteiger partial charge in [0, 0.05) is 16.6 Å². The third-order valence-electron chi connectivity index (χ3n) is 3.47. The maximum absolute atomic E-state index is 12.5. The van der Waals surface area contributed by atoms with Crippen LogP contribution in [-0.2, 0) is 0 Å². The van der Waals surface area contributed by atoms with E-state index in [1.165, 1.54) is 0 Å². The summed E-state index contributed by atoms with van der Waals surface area (Å²) in [6.45, 7) is 0. The first-order valence-corrected chi connectivity index (χ1v) is 6.61. The Kier molecular flexibility index (Phi) is 2.32. The monoisotopic (exact) mass is 280 g/mol. The fourth-order valence-electron chi connectivity index (χ4n) is 2.50. The van der Waals surface area contributed by atoms with E-state index in [1.54, 1.807) is 28.8 Å². The van der Waals surface area contributed by atoms with Crippen molar-refractivity contribution in [1.82, 2.24) is 9.38 Å². The zero-order chi connectivity index (χ0) is 13.7. The number of pyridine rings is 1. The van der Waals surface area contributed by atoms with Gasteiger partial charge in [0.2, 0.25) is 0 Å². The molecule has 0 amide bonds. The molecule has 0 atom stereocenters. The first kappa shape index (κ1) is 11.4. The lowest BCUT2D eigenvalue weighted by Gasteiger charge is -2.06. The van der Waals surface area contributed by atoms with E-state index in [-0.39, 0.29) is 5.56 Å². The van der Waals surface area contributed by atoms with Crippen molar-refractivity contribution in [2.75, 3.05) is 0 Å². The van der Waals surface area contributed by atoms with Gasteiger partial charge in [-0.1, -0.05) is 35.9 Å². The highest BCUT2D eigenvalue weighted by molar-refractivity contribution is 6.31. The molecule has 4 rings (SSSR count). The Morgan fingerprint density at radius 2 is 1.85 bits per heavy atom. The van der Waals surface area contributed by atoms with Crippen LogP contribution in [-0.4, -0.2) is 9.38 Å². The van der Waals surface area contributed by atoms with Gasteiger partial charge in [0.05, 0.1) is 10.9 Å². The molecule has 2 heterocycles. The average Bonchev–Trinajstić information content (AvgIpc) is 2.48. The van der Waals surface area contributed by atoms with Gasteiger partial charge in [0.1, 0.15) is 5.65 Å². The largest absolute Gasteiger partial charge is 0.268 e. The molecule has 4 aromatic rings. The number of nitrogens with zero attached hydrogens (tertiary/aromatic N) is 2. The standard InChI is InChI=1S/C16H9ClN2O/c17-11-5-6-14-13(9-11)16(20)19-8-7-10-3-1-2-4-12(10)15(19)18-14/h1-9H. The number of rotatable bonds is 0. The van der Waals surface area contributed by atoms with Crippen molar-refractivity contribution >= 4 is 38.9 Å². The lowest BCUT2D eigenvalue weighted by Crippen LogP contribution is -2.15. The maximum atomic E-state index is 12.5. The van der Waals surface area contributed by atoms with Crippen molar-refractivity contribution in [2.45, 2.75) is 0 Å². The molecule has 0 bridgehead atoms. The summed E-state index contributed by atoms with van der Waals surface area (Å²) < 4.78 is 1.57. The highest BCUT2D eigenvalue weighted by Crippen LogP contribution is 2.20. The number of hydrogen-bond acceptors (Lipinski definition) is 2. The number of halogens is 1. The lowest BCUT2D eigenvalue weighted by atomic mass is 10.1. The van der Waals surface area contributed by atoms with E-state index < -0.39 is 0 Å². The van der Waals surface area contributed by atoms with Crippen LogP contribution in [0.5, 0.6) is 0 Å². The van der Waals surface area contributed by atoms with Crippen LogP contribution in [0.1, 0.15) is 0 Å². The summed E-state index contributed by atoms with van der Waals surface area (Å²) in [5.74, 6) is 0. The van der Waals surface area contributed by atoms with Crippen LogP contribution >= 0.6 is 11.6 Å². The molecule has 0 unspecified atom stereocenters. The Balaban J connectivity index is 2.31. The molecule has 0 aliphatic heterocycles. The molecule has 0 aliphatic rings. The molecule has 4 heteroatoms. The van der Waals surface area contributed by atoms with Gasteiger partial charge in [-0.05, 0) is 29.7 Å². The fourth-order valence-corrected chi connectivity index (χ4v) is 2.67. The second-order valence-electron chi connectivity index (χ2n) is 4.68. The van der Waals surface area contributed by atoms with Crippen molar-refractivity contribution in [1.29, 1.82) is 0 Å². The Hall–Kier alpha value is -2.39. The van der Waals surface area contributed by atoms with Crippen molar-refractivity contribution in [3.05, 3.63) is 70.1 Å². The van der Waals surface area contributed by atoms with Crippen LogP contribution in [0.2, 0.25) is 5.02 Å². The van der Waals surface area contributed by atoms with Gasteiger partial charge in [0.25, 0.3) is 5.56 Å². The minimum atomic E-state index is -0.0988. The van der Waals surface area contributed by atoms with Crippen LogP contribution in [0.15, 0.2) is 59.5 Å². The molecule has 20 heavy (non-hydrogen) atoms. The van der Waals surface area contributed by atoms with Crippen molar-refractivity contribution in [3.63, 3.8) is 0 Å². The summed E-state index contributed by atoms with van der Waals surface area (Å²) >= 11 is 5.96. The maximum Gasteiger partial charge on any atom is 0.265 e. The first-order chi connectivity index (χ1) is 9.74. The molecular formula is C16H9ClN2O. The molecule has 0 saturated heterocycles. The van der Waals surface area contributed by atoms with Gasteiger partial charge in [0.15, 0.2) is 0 Å². The van der Waals surface area contributed by atoms with Crippen molar-refractivity contribution < 1.29 is 0 Å². The van der Waals surface area contributed by atoms with Crippen LogP contribution in [0.3, 0.4) is 0 Å². The first-order valence-electron chi connectivity index (χ1n) is 6.23. The SMILES string of the molecule is O=c1c2cc(Cl)ccc2nc2c3ccccc3ccn12. The second kappa shape index (κ2) is 4.05. The minimum Gasteiger partial charge on any atom is -0.268 e. The molecule has 0 N–H and O–H groups in total. The van der Waals surface area contributed by atoms with Gasteiger partial charge in [-0.15, -0.1) is 0 Å². The molecule has 0 spiro atoms. The third kappa shape index (κ3) is 1.53. The van der Waals surface area contributed by atoms with Crippen molar-refractivity contribution in [2.24, 2.45) is 0 Å². The normalized spacial score (nSPS) is 11.4. The molecule has 96 valence electrons. The van der Waals surface area contributed by atoms with Gasteiger partial charge in [-0.2, -0.15) is 0 Å². The van der Waals surface area contributed by atoms with E-state index in [4.69, 9.17) is 11.6 Å².